The molecular formula is C26H20F2N2O4S. The van der Waals surface area contributed by atoms with Crippen LogP contribution >= 0.6 is 11.3 Å². The lowest BCUT2D eigenvalue weighted by molar-refractivity contribution is -0.0494. The predicted octanol–water partition coefficient (Wildman–Crippen LogP) is 6.53. The Kier molecular flexibility index (Phi) is 7.37. The van der Waals surface area contributed by atoms with Crippen LogP contribution in [0.3, 0.4) is 0 Å². The quantitative estimate of drug-likeness (QED) is 0.292. The molecule has 35 heavy (non-hydrogen) atoms. The third-order valence-corrected chi connectivity index (χ3v) is 5.87. The number of nitrogens with one attached hydrogen (secondary N) is 2. The second-order valence-corrected chi connectivity index (χ2v) is 8.23. The first kappa shape index (κ1) is 23.9. The van der Waals surface area contributed by atoms with Gasteiger partial charge in [-0.3, -0.25) is 9.59 Å². The first-order valence-electron chi connectivity index (χ1n) is 10.4. The fourth-order valence-corrected chi connectivity index (χ4v) is 3.93. The van der Waals surface area contributed by atoms with Crippen molar-refractivity contribution in [3.63, 3.8) is 0 Å². The van der Waals surface area contributed by atoms with Crippen LogP contribution < -0.4 is 20.1 Å². The monoisotopic (exact) mass is 494 g/mol. The topological polar surface area (TPSA) is 76.7 Å². The number of ether oxygens (including phenoxy) is 2. The average molecular weight is 495 g/mol. The molecule has 0 aliphatic heterocycles. The molecule has 0 saturated heterocycles. The van der Waals surface area contributed by atoms with Crippen molar-refractivity contribution in [2.75, 3.05) is 17.7 Å². The zero-order valence-electron chi connectivity index (χ0n) is 18.5. The van der Waals surface area contributed by atoms with Crippen LogP contribution in [0, 0.1) is 0 Å². The highest BCUT2D eigenvalue weighted by Crippen LogP contribution is 2.34. The molecule has 0 bridgehead atoms. The van der Waals surface area contributed by atoms with Gasteiger partial charge in [-0.15, -0.1) is 11.3 Å². The molecule has 4 rings (SSSR count). The number of halogens is 2. The van der Waals surface area contributed by atoms with E-state index in [1.54, 1.807) is 66.7 Å². The molecule has 4 aromatic rings. The van der Waals surface area contributed by atoms with Gasteiger partial charge in [-0.1, -0.05) is 18.2 Å². The minimum absolute atomic E-state index is 0.0194. The minimum atomic E-state index is -2.99. The molecule has 1 aromatic heterocycles. The lowest BCUT2D eigenvalue weighted by Crippen LogP contribution is -2.13. The van der Waals surface area contributed by atoms with E-state index < -0.39 is 12.5 Å². The first-order valence-corrected chi connectivity index (χ1v) is 11.3. The van der Waals surface area contributed by atoms with Crippen LogP contribution in [0.1, 0.15) is 20.0 Å². The number of carbonyl (C=O) groups is 2. The van der Waals surface area contributed by atoms with Gasteiger partial charge >= 0.3 is 6.61 Å². The summed E-state index contributed by atoms with van der Waals surface area (Å²) in [6.45, 7) is -2.99. The molecule has 178 valence electrons. The highest BCUT2D eigenvalue weighted by atomic mass is 32.1. The summed E-state index contributed by atoms with van der Waals surface area (Å²) >= 11 is 1.33. The Morgan fingerprint density at radius 3 is 2.17 bits per heavy atom. The Labute approximate surface area is 204 Å². The highest BCUT2D eigenvalue weighted by Gasteiger charge is 2.15. The van der Waals surface area contributed by atoms with E-state index in [9.17, 15) is 18.4 Å². The Balaban J connectivity index is 1.50. The van der Waals surface area contributed by atoms with Crippen molar-refractivity contribution >= 4 is 34.5 Å². The SMILES string of the molecule is COc1ccc(-c2cc(NC(=O)c3ccc(NC(=O)c4cccs4)cc3)ccc2OC(F)F)cc1. The Morgan fingerprint density at radius 1 is 0.857 bits per heavy atom. The Hall–Kier alpha value is -4.24. The van der Waals surface area contributed by atoms with Crippen molar-refractivity contribution in [1.29, 1.82) is 0 Å². The average Bonchev–Trinajstić information content (AvgIpc) is 3.40. The van der Waals surface area contributed by atoms with E-state index in [0.29, 0.717) is 38.7 Å². The van der Waals surface area contributed by atoms with Crippen molar-refractivity contribution in [2.45, 2.75) is 6.61 Å². The zero-order chi connectivity index (χ0) is 24.8. The van der Waals surface area contributed by atoms with Crippen LogP contribution in [0.5, 0.6) is 11.5 Å². The standard InChI is InChI=1S/C26H20F2N2O4S/c1-33-20-11-6-16(7-12-20)21-15-19(10-13-22(21)34-26(27)28)30-24(31)17-4-8-18(9-5-17)29-25(32)23-3-2-14-35-23/h2-15,26H,1H3,(H,29,32)(H,30,31). The van der Waals surface area contributed by atoms with E-state index in [-0.39, 0.29) is 11.7 Å². The number of amides is 2. The molecule has 2 N–H and O–H groups in total. The van der Waals surface area contributed by atoms with Gasteiger partial charge in [0.05, 0.1) is 12.0 Å². The van der Waals surface area contributed by atoms with Crippen LogP contribution in [0.2, 0.25) is 0 Å². The van der Waals surface area contributed by atoms with E-state index in [4.69, 9.17) is 4.74 Å². The predicted molar refractivity (Wildman–Crippen MR) is 132 cm³/mol. The number of benzene rings is 3. The summed E-state index contributed by atoms with van der Waals surface area (Å²) in [5, 5.41) is 7.35. The van der Waals surface area contributed by atoms with E-state index in [1.165, 1.54) is 30.6 Å². The maximum Gasteiger partial charge on any atom is 0.387 e. The van der Waals surface area contributed by atoms with Gasteiger partial charge in [0.15, 0.2) is 0 Å². The molecule has 6 nitrogen and oxygen atoms in total. The van der Waals surface area contributed by atoms with Crippen LogP contribution in [0.25, 0.3) is 11.1 Å². The molecular weight excluding hydrogens is 474 g/mol. The van der Waals surface area contributed by atoms with Crippen molar-refractivity contribution in [3.05, 3.63) is 94.7 Å². The molecule has 1 heterocycles. The van der Waals surface area contributed by atoms with Gasteiger partial charge in [0.2, 0.25) is 0 Å². The summed E-state index contributed by atoms with van der Waals surface area (Å²) in [6.07, 6.45) is 0. The van der Waals surface area contributed by atoms with E-state index in [2.05, 4.69) is 15.4 Å². The Morgan fingerprint density at radius 2 is 1.54 bits per heavy atom. The van der Waals surface area contributed by atoms with Gasteiger partial charge < -0.3 is 20.1 Å². The van der Waals surface area contributed by atoms with Crippen LogP contribution in [-0.2, 0) is 0 Å². The second kappa shape index (κ2) is 10.8. The smallest absolute Gasteiger partial charge is 0.387 e. The maximum atomic E-state index is 12.9. The van der Waals surface area contributed by atoms with Crippen molar-refractivity contribution in [3.8, 4) is 22.6 Å². The molecule has 0 aliphatic carbocycles. The molecule has 0 atom stereocenters. The number of carbonyl (C=O) groups excluding carboxylic acids is 2. The number of hydrogen-bond donors (Lipinski definition) is 2. The highest BCUT2D eigenvalue weighted by molar-refractivity contribution is 7.12. The van der Waals surface area contributed by atoms with Gasteiger partial charge in [-0.05, 0) is 71.6 Å². The van der Waals surface area contributed by atoms with Crippen LogP contribution in [0.15, 0.2) is 84.2 Å². The van der Waals surface area contributed by atoms with Gasteiger partial charge in [0.1, 0.15) is 11.5 Å². The second-order valence-electron chi connectivity index (χ2n) is 7.28. The summed E-state index contributed by atoms with van der Waals surface area (Å²) in [4.78, 5) is 25.5. The number of anilines is 2. The molecule has 0 unspecified atom stereocenters. The summed E-state index contributed by atoms with van der Waals surface area (Å²) < 4.78 is 35.6. The van der Waals surface area contributed by atoms with Gasteiger partial charge in [0.25, 0.3) is 11.8 Å². The summed E-state index contributed by atoms with van der Waals surface area (Å²) in [5.74, 6) is -0.0303. The molecule has 0 radical (unpaired) electrons. The fraction of sp³-hybridized carbons (Fsp3) is 0.0769. The van der Waals surface area contributed by atoms with Gasteiger partial charge in [-0.25, -0.2) is 0 Å². The third kappa shape index (κ3) is 6.01. The number of thiophene rings is 1. The number of methoxy groups -OCH3 is 1. The summed E-state index contributed by atoms with van der Waals surface area (Å²) in [6, 6.07) is 21.2. The lowest BCUT2D eigenvalue weighted by Gasteiger charge is -2.14. The molecule has 9 heteroatoms. The van der Waals surface area contributed by atoms with E-state index >= 15 is 0 Å². The summed E-state index contributed by atoms with van der Waals surface area (Å²) in [5.41, 5.74) is 2.31. The van der Waals surface area contributed by atoms with Crippen molar-refractivity contribution in [1.82, 2.24) is 0 Å². The van der Waals surface area contributed by atoms with Crippen molar-refractivity contribution < 1.29 is 27.8 Å². The van der Waals surface area contributed by atoms with Crippen LogP contribution in [-0.4, -0.2) is 25.5 Å². The largest absolute Gasteiger partial charge is 0.497 e. The molecule has 0 aliphatic rings. The normalized spacial score (nSPS) is 10.6. The van der Waals surface area contributed by atoms with Crippen LogP contribution in [0.4, 0.5) is 20.2 Å². The third-order valence-electron chi connectivity index (χ3n) is 5.00. The lowest BCUT2D eigenvalue weighted by atomic mass is 10.0. The van der Waals surface area contributed by atoms with Gasteiger partial charge in [-0.2, -0.15) is 8.78 Å². The first-order chi connectivity index (χ1) is 16.9. The molecule has 2 amide bonds. The molecule has 0 spiro atoms. The minimum Gasteiger partial charge on any atom is -0.497 e. The van der Waals surface area contributed by atoms with E-state index in [1.807, 2.05) is 5.38 Å². The maximum absolute atomic E-state index is 12.9. The fourth-order valence-electron chi connectivity index (χ4n) is 3.31. The number of alkyl halides is 2. The van der Waals surface area contributed by atoms with Gasteiger partial charge in [0, 0.05) is 22.5 Å². The molecule has 0 fully saturated rings. The number of hydrogen-bond acceptors (Lipinski definition) is 5. The van der Waals surface area contributed by atoms with Crippen molar-refractivity contribution in [2.24, 2.45) is 0 Å². The summed E-state index contributed by atoms with van der Waals surface area (Å²) in [7, 11) is 1.53. The zero-order valence-corrected chi connectivity index (χ0v) is 19.3. The molecule has 0 saturated carbocycles. The molecule has 3 aromatic carbocycles. The number of rotatable bonds is 8. The van der Waals surface area contributed by atoms with E-state index in [0.717, 1.165) is 0 Å². The Bertz CT molecular complexity index is 1310.